The maximum absolute atomic E-state index is 12.6. The molecule has 1 fully saturated rings. The Morgan fingerprint density at radius 3 is 2.96 bits per heavy atom. The van der Waals surface area contributed by atoms with E-state index in [2.05, 4.69) is 25.9 Å². The maximum Gasteiger partial charge on any atom is 0.277 e. The zero-order chi connectivity index (χ0) is 17.2. The van der Waals surface area contributed by atoms with Crippen molar-refractivity contribution in [2.45, 2.75) is 25.8 Å². The van der Waals surface area contributed by atoms with Gasteiger partial charge in [0.25, 0.3) is 5.91 Å². The number of pyridine rings is 1. The number of nitrogens with zero attached hydrogens (tertiary/aromatic N) is 4. The number of benzene rings is 1. The van der Waals surface area contributed by atoms with Gasteiger partial charge >= 0.3 is 0 Å². The molecule has 0 unspecified atom stereocenters. The summed E-state index contributed by atoms with van der Waals surface area (Å²) in [6.45, 7) is 3.94. The third kappa shape index (κ3) is 3.10. The first kappa shape index (κ1) is 15.7. The fraction of sp³-hybridized carbons (Fsp3) is 0.333. The number of carbonyl (C=O) groups is 1. The van der Waals surface area contributed by atoms with Crippen LogP contribution in [0.15, 0.2) is 36.7 Å². The number of nitrogens with one attached hydrogen (secondary N) is 2. The van der Waals surface area contributed by atoms with Crippen LogP contribution in [0.5, 0.6) is 0 Å². The first-order chi connectivity index (χ1) is 12.2. The first-order valence-electron chi connectivity index (χ1n) is 8.50. The fourth-order valence-electron chi connectivity index (χ4n) is 3.24. The summed E-state index contributed by atoms with van der Waals surface area (Å²) >= 11 is 0. The van der Waals surface area contributed by atoms with E-state index >= 15 is 0 Å². The van der Waals surface area contributed by atoms with Gasteiger partial charge in [0, 0.05) is 11.6 Å². The average Bonchev–Trinajstić information content (AvgIpc) is 3.15. The van der Waals surface area contributed by atoms with Crippen molar-refractivity contribution in [1.82, 2.24) is 25.3 Å². The van der Waals surface area contributed by atoms with Crippen molar-refractivity contribution in [3.63, 3.8) is 0 Å². The summed E-state index contributed by atoms with van der Waals surface area (Å²) in [5, 5.41) is 15.4. The van der Waals surface area contributed by atoms with E-state index in [1.54, 1.807) is 12.4 Å². The Morgan fingerprint density at radius 1 is 1.28 bits per heavy atom. The summed E-state index contributed by atoms with van der Waals surface area (Å²) in [4.78, 5) is 17.0. The Labute approximate surface area is 145 Å². The van der Waals surface area contributed by atoms with E-state index in [1.807, 2.05) is 35.9 Å². The third-order valence-electron chi connectivity index (χ3n) is 4.65. The topological polar surface area (TPSA) is 84.7 Å². The summed E-state index contributed by atoms with van der Waals surface area (Å²) < 4.78 is 1.81. The predicted octanol–water partition coefficient (Wildman–Crippen LogP) is 2.31. The maximum atomic E-state index is 12.6. The Kier molecular flexibility index (Phi) is 4.15. The average molecular weight is 336 g/mol. The van der Waals surface area contributed by atoms with Crippen molar-refractivity contribution in [3.8, 4) is 0 Å². The van der Waals surface area contributed by atoms with E-state index in [4.69, 9.17) is 0 Å². The Morgan fingerprint density at radius 2 is 2.12 bits per heavy atom. The van der Waals surface area contributed by atoms with Crippen molar-refractivity contribution in [2.75, 3.05) is 18.4 Å². The molecule has 1 aromatic carbocycles. The van der Waals surface area contributed by atoms with Crippen molar-refractivity contribution < 1.29 is 4.79 Å². The molecule has 25 heavy (non-hydrogen) atoms. The van der Waals surface area contributed by atoms with Gasteiger partial charge in [0.1, 0.15) is 0 Å². The number of hydrogen-bond acceptors (Lipinski definition) is 5. The molecule has 2 N–H and O–H groups in total. The van der Waals surface area contributed by atoms with Crippen LogP contribution in [-0.4, -0.2) is 39.0 Å². The molecule has 1 aliphatic heterocycles. The second-order valence-corrected chi connectivity index (χ2v) is 6.35. The Bertz CT molecular complexity index is 913. The van der Waals surface area contributed by atoms with E-state index in [1.165, 1.54) is 0 Å². The minimum atomic E-state index is -0.255. The van der Waals surface area contributed by atoms with Crippen LogP contribution in [0.4, 0.5) is 5.69 Å². The number of hydrogen-bond donors (Lipinski definition) is 2. The van der Waals surface area contributed by atoms with Crippen molar-refractivity contribution >= 4 is 22.5 Å². The number of fused-ring (bicyclic) bond motifs is 1. The lowest BCUT2D eigenvalue weighted by Gasteiger charge is -2.22. The third-order valence-corrected chi connectivity index (χ3v) is 4.65. The summed E-state index contributed by atoms with van der Waals surface area (Å²) in [5.41, 5.74) is 3.02. The second kappa shape index (κ2) is 6.60. The molecular weight excluding hydrogens is 316 g/mol. The molecule has 2 aromatic heterocycles. The summed E-state index contributed by atoms with van der Waals surface area (Å²) in [6, 6.07) is 7.98. The zero-order valence-corrected chi connectivity index (χ0v) is 14.1. The van der Waals surface area contributed by atoms with E-state index < -0.39 is 0 Å². The smallest absolute Gasteiger partial charge is 0.277 e. The molecule has 0 bridgehead atoms. The van der Waals surface area contributed by atoms with Gasteiger partial charge in [0.15, 0.2) is 5.69 Å². The van der Waals surface area contributed by atoms with E-state index in [9.17, 15) is 4.79 Å². The molecule has 0 aliphatic carbocycles. The monoisotopic (exact) mass is 336 g/mol. The van der Waals surface area contributed by atoms with Crippen LogP contribution >= 0.6 is 0 Å². The molecule has 0 saturated carbocycles. The summed E-state index contributed by atoms with van der Waals surface area (Å²) in [5.74, 6) is -0.255. The quantitative estimate of drug-likeness (QED) is 0.767. The van der Waals surface area contributed by atoms with E-state index in [0.29, 0.717) is 11.7 Å². The van der Waals surface area contributed by atoms with Crippen LogP contribution in [0.25, 0.3) is 10.9 Å². The molecule has 0 atom stereocenters. The SMILES string of the molecule is Cc1ccc(NC(=O)c2cn(C3CCNCC3)nn2)c2cccnc12. The molecule has 0 spiro atoms. The largest absolute Gasteiger partial charge is 0.320 e. The number of aromatic nitrogens is 4. The summed E-state index contributed by atoms with van der Waals surface area (Å²) in [7, 11) is 0. The number of carbonyl (C=O) groups excluding carboxylic acids is 1. The van der Waals surface area contributed by atoms with Crippen LogP contribution in [-0.2, 0) is 0 Å². The number of rotatable bonds is 3. The Balaban J connectivity index is 1.57. The molecule has 1 amide bonds. The van der Waals surface area contributed by atoms with Gasteiger partial charge < -0.3 is 10.6 Å². The zero-order valence-electron chi connectivity index (χ0n) is 14.1. The van der Waals surface area contributed by atoms with Crippen LogP contribution in [0.1, 0.15) is 34.9 Å². The minimum absolute atomic E-state index is 0.255. The normalized spacial score (nSPS) is 15.4. The van der Waals surface area contributed by atoms with Crippen molar-refractivity contribution in [3.05, 3.63) is 47.9 Å². The van der Waals surface area contributed by atoms with Gasteiger partial charge in [-0.15, -0.1) is 5.10 Å². The highest BCUT2D eigenvalue weighted by Gasteiger charge is 2.19. The minimum Gasteiger partial charge on any atom is -0.320 e. The van der Waals surface area contributed by atoms with Gasteiger partial charge in [-0.2, -0.15) is 0 Å². The number of amides is 1. The lowest BCUT2D eigenvalue weighted by molar-refractivity contribution is 0.102. The molecular formula is C18H20N6O. The fourth-order valence-corrected chi connectivity index (χ4v) is 3.24. The molecule has 128 valence electrons. The molecule has 1 aliphatic rings. The second-order valence-electron chi connectivity index (χ2n) is 6.35. The number of aryl methyl sites for hydroxylation is 1. The van der Waals surface area contributed by atoms with Gasteiger partial charge in [-0.1, -0.05) is 11.3 Å². The molecule has 0 radical (unpaired) electrons. The van der Waals surface area contributed by atoms with Crippen molar-refractivity contribution in [1.29, 1.82) is 0 Å². The molecule has 3 heterocycles. The van der Waals surface area contributed by atoms with Crippen LogP contribution in [0.2, 0.25) is 0 Å². The van der Waals surface area contributed by atoms with Crippen LogP contribution < -0.4 is 10.6 Å². The highest BCUT2D eigenvalue weighted by molar-refractivity contribution is 6.07. The highest BCUT2D eigenvalue weighted by atomic mass is 16.2. The molecule has 7 nitrogen and oxygen atoms in total. The van der Waals surface area contributed by atoms with Gasteiger partial charge in [-0.25, -0.2) is 4.68 Å². The first-order valence-corrected chi connectivity index (χ1v) is 8.50. The highest BCUT2D eigenvalue weighted by Crippen LogP contribution is 2.25. The van der Waals surface area contributed by atoms with Gasteiger partial charge in [-0.05, 0) is 56.6 Å². The van der Waals surface area contributed by atoms with Crippen LogP contribution in [0, 0.1) is 6.92 Å². The summed E-state index contributed by atoms with van der Waals surface area (Å²) in [6.07, 6.45) is 5.49. The van der Waals surface area contributed by atoms with Gasteiger partial charge in [-0.3, -0.25) is 9.78 Å². The predicted molar refractivity (Wildman–Crippen MR) is 95.6 cm³/mol. The molecule has 4 rings (SSSR count). The van der Waals surface area contributed by atoms with Crippen LogP contribution in [0.3, 0.4) is 0 Å². The van der Waals surface area contributed by atoms with Gasteiger partial charge in [0.05, 0.1) is 23.4 Å². The number of piperidine rings is 1. The lowest BCUT2D eigenvalue weighted by atomic mass is 10.1. The Hall–Kier alpha value is -2.80. The van der Waals surface area contributed by atoms with Crippen molar-refractivity contribution in [2.24, 2.45) is 0 Å². The van der Waals surface area contributed by atoms with Gasteiger partial charge in [0.2, 0.25) is 0 Å². The molecule has 3 aromatic rings. The molecule has 1 saturated heterocycles. The molecule has 7 heteroatoms. The standard InChI is InChI=1S/C18H20N6O/c1-12-4-5-15(14-3-2-8-20-17(12)14)21-18(25)16-11-24(23-22-16)13-6-9-19-10-7-13/h2-5,8,11,13,19H,6-7,9-10H2,1H3,(H,21,25). The van der Waals surface area contributed by atoms with E-state index in [0.717, 1.165) is 48.1 Å². The van der Waals surface area contributed by atoms with E-state index in [-0.39, 0.29) is 5.91 Å². The lowest BCUT2D eigenvalue weighted by Crippen LogP contribution is -2.29. The number of anilines is 1.